The van der Waals surface area contributed by atoms with Gasteiger partial charge in [-0.05, 0) is 37.5 Å². The molecule has 0 saturated carbocycles. The van der Waals surface area contributed by atoms with Gasteiger partial charge in [0.05, 0.1) is 19.8 Å². The molecule has 0 saturated heterocycles. The van der Waals surface area contributed by atoms with Crippen molar-refractivity contribution in [1.82, 2.24) is 0 Å². The molecule has 4 nitrogen and oxygen atoms in total. The summed E-state index contributed by atoms with van der Waals surface area (Å²) < 4.78 is 16.6. The highest BCUT2D eigenvalue weighted by atomic mass is 16.5. The van der Waals surface area contributed by atoms with Crippen LogP contribution in [0.15, 0.2) is 18.2 Å². The fourth-order valence-corrected chi connectivity index (χ4v) is 1.71. The molecule has 0 radical (unpaired) electrons. The summed E-state index contributed by atoms with van der Waals surface area (Å²) in [4.78, 5) is 0. The molecule has 0 aliphatic heterocycles. The second kappa shape index (κ2) is 9.61. The van der Waals surface area contributed by atoms with Gasteiger partial charge in [0.15, 0.2) is 11.5 Å². The lowest BCUT2D eigenvalue weighted by Gasteiger charge is -2.16. The summed E-state index contributed by atoms with van der Waals surface area (Å²) in [6.45, 7) is 8.20. The summed E-state index contributed by atoms with van der Waals surface area (Å²) in [6.07, 6.45) is 1.24. The third kappa shape index (κ3) is 5.39. The third-order valence-electron chi connectivity index (χ3n) is 2.76. The topological polar surface area (TPSA) is 47.9 Å². The molecule has 1 atom stereocenters. The van der Waals surface area contributed by atoms with Gasteiger partial charge in [-0.2, -0.15) is 0 Å². The van der Waals surface area contributed by atoms with E-state index >= 15 is 0 Å². The molecule has 114 valence electrons. The number of aliphatic hydroxyl groups is 1. The van der Waals surface area contributed by atoms with Gasteiger partial charge in [0.1, 0.15) is 6.10 Å². The lowest BCUT2D eigenvalue weighted by atomic mass is 10.1. The fraction of sp³-hybridized carbons (Fsp3) is 0.625. The highest BCUT2D eigenvalue weighted by Gasteiger charge is 2.12. The van der Waals surface area contributed by atoms with Crippen LogP contribution in [0.5, 0.6) is 11.5 Å². The van der Waals surface area contributed by atoms with E-state index in [1.807, 2.05) is 25.1 Å². The molecule has 0 bridgehead atoms. The fourth-order valence-electron chi connectivity index (χ4n) is 1.71. The van der Waals surface area contributed by atoms with Gasteiger partial charge in [0.25, 0.3) is 0 Å². The van der Waals surface area contributed by atoms with E-state index in [4.69, 9.17) is 14.2 Å². The van der Waals surface area contributed by atoms with Crippen LogP contribution in [0.2, 0.25) is 0 Å². The van der Waals surface area contributed by atoms with Crippen molar-refractivity contribution in [2.24, 2.45) is 0 Å². The van der Waals surface area contributed by atoms with Crippen LogP contribution in [-0.2, 0) is 4.74 Å². The van der Waals surface area contributed by atoms with Gasteiger partial charge in [-0.1, -0.05) is 19.9 Å². The second-order valence-electron chi connectivity index (χ2n) is 4.58. The Hall–Kier alpha value is -1.26. The average molecular weight is 282 g/mol. The molecule has 1 aromatic carbocycles. The summed E-state index contributed by atoms with van der Waals surface area (Å²) >= 11 is 0. The molecule has 0 amide bonds. The van der Waals surface area contributed by atoms with Crippen LogP contribution in [0.1, 0.15) is 45.3 Å². The zero-order chi connectivity index (χ0) is 14.8. The van der Waals surface area contributed by atoms with Crippen molar-refractivity contribution < 1.29 is 19.3 Å². The number of hydrogen-bond acceptors (Lipinski definition) is 4. The smallest absolute Gasteiger partial charge is 0.161 e. The maximum Gasteiger partial charge on any atom is 0.161 e. The van der Waals surface area contributed by atoms with E-state index in [0.29, 0.717) is 32.2 Å². The predicted octanol–water partition coefficient (Wildman–Crippen LogP) is 3.33. The Bertz CT molecular complexity index is 379. The van der Waals surface area contributed by atoms with Crippen LogP contribution < -0.4 is 9.47 Å². The monoisotopic (exact) mass is 282 g/mol. The zero-order valence-electron chi connectivity index (χ0n) is 12.7. The molecule has 1 N–H and O–H groups in total. The molecule has 0 aliphatic rings. The van der Waals surface area contributed by atoms with Crippen LogP contribution >= 0.6 is 0 Å². The summed E-state index contributed by atoms with van der Waals surface area (Å²) in [5.74, 6) is 1.42. The normalized spacial score (nSPS) is 12.2. The first kappa shape index (κ1) is 16.8. The molecule has 0 fully saturated rings. The Morgan fingerprint density at radius 2 is 1.65 bits per heavy atom. The minimum absolute atomic E-state index is 0.291. The van der Waals surface area contributed by atoms with E-state index in [0.717, 1.165) is 24.2 Å². The molecule has 4 heteroatoms. The molecule has 0 spiro atoms. The summed E-state index contributed by atoms with van der Waals surface area (Å²) in [5.41, 5.74) is 0.786. The number of ether oxygens (including phenoxy) is 3. The van der Waals surface area contributed by atoms with Gasteiger partial charge >= 0.3 is 0 Å². The van der Waals surface area contributed by atoms with Gasteiger partial charge in [-0.3, -0.25) is 0 Å². The summed E-state index contributed by atoms with van der Waals surface area (Å²) in [6, 6.07) is 5.54. The quantitative estimate of drug-likeness (QED) is 0.715. The average Bonchev–Trinajstić information content (AvgIpc) is 2.48. The van der Waals surface area contributed by atoms with Gasteiger partial charge in [0.2, 0.25) is 0 Å². The lowest BCUT2D eigenvalue weighted by molar-refractivity contribution is 0.0418. The third-order valence-corrected chi connectivity index (χ3v) is 2.76. The van der Waals surface area contributed by atoms with Crippen molar-refractivity contribution in [3.8, 4) is 11.5 Å². The van der Waals surface area contributed by atoms with Gasteiger partial charge < -0.3 is 19.3 Å². The van der Waals surface area contributed by atoms with Crippen molar-refractivity contribution >= 4 is 0 Å². The predicted molar refractivity (Wildman–Crippen MR) is 79.5 cm³/mol. The zero-order valence-corrected chi connectivity index (χ0v) is 12.7. The lowest BCUT2D eigenvalue weighted by Crippen LogP contribution is -2.08. The number of rotatable bonds is 10. The van der Waals surface area contributed by atoms with Crippen LogP contribution in [-0.4, -0.2) is 31.5 Å². The van der Waals surface area contributed by atoms with Gasteiger partial charge in [0, 0.05) is 6.61 Å². The first-order valence-corrected chi connectivity index (χ1v) is 7.38. The Balaban J connectivity index is 2.82. The molecule has 0 aliphatic carbocycles. The van der Waals surface area contributed by atoms with E-state index in [9.17, 15) is 5.11 Å². The van der Waals surface area contributed by atoms with Crippen LogP contribution in [0, 0.1) is 0 Å². The van der Waals surface area contributed by atoms with E-state index in [-0.39, 0.29) is 0 Å². The SMILES string of the molecule is CCCOc1ccc(C(O)COCC)cc1OCCC. The molecule has 1 aromatic rings. The first-order chi connectivity index (χ1) is 9.72. The van der Waals surface area contributed by atoms with Crippen molar-refractivity contribution in [2.75, 3.05) is 26.4 Å². The molecule has 1 unspecified atom stereocenters. The Morgan fingerprint density at radius 3 is 2.25 bits per heavy atom. The maximum absolute atomic E-state index is 10.0. The minimum Gasteiger partial charge on any atom is -0.490 e. The maximum atomic E-state index is 10.0. The molecular formula is C16H26O4. The highest BCUT2D eigenvalue weighted by molar-refractivity contribution is 5.43. The number of hydrogen-bond donors (Lipinski definition) is 1. The van der Waals surface area contributed by atoms with Crippen LogP contribution in [0.4, 0.5) is 0 Å². The molecule has 0 heterocycles. The van der Waals surface area contributed by atoms with Crippen LogP contribution in [0.3, 0.4) is 0 Å². The van der Waals surface area contributed by atoms with Gasteiger partial charge in [-0.15, -0.1) is 0 Å². The molecular weight excluding hydrogens is 256 g/mol. The Morgan fingerprint density at radius 1 is 1.00 bits per heavy atom. The van der Waals surface area contributed by atoms with Gasteiger partial charge in [-0.25, -0.2) is 0 Å². The highest BCUT2D eigenvalue weighted by Crippen LogP contribution is 2.31. The number of benzene rings is 1. The summed E-state index contributed by atoms with van der Waals surface area (Å²) in [7, 11) is 0. The Labute approximate surface area is 121 Å². The standard InChI is InChI=1S/C16H26O4/c1-4-9-19-15-8-7-13(14(17)12-18-6-3)11-16(15)20-10-5-2/h7-8,11,14,17H,4-6,9-10,12H2,1-3H3. The van der Waals surface area contributed by atoms with Crippen molar-refractivity contribution in [2.45, 2.75) is 39.7 Å². The molecule has 1 rings (SSSR count). The molecule has 20 heavy (non-hydrogen) atoms. The van der Waals surface area contributed by atoms with Crippen molar-refractivity contribution in [3.63, 3.8) is 0 Å². The minimum atomic E-state index is -0.640. The second-order valence-corrected chi connectivity index (χ2v) is 4.58. The summed E-state index contributed by atoms with van der Waals surface area (Å²) in [5, 5.41) is 10.0. The van der Waals surface area contributed by atoms with E-state index in [2.05, 4.69) is 13.8 Å². The van der Waals surface area contributed by atoms with E-state index in [1.165, 1.54) is 0 Å². The van der Waals surface area contributed by atoms with E-state index < -0.39 is 6.10 Å². The first-order valence-electron chi connectivity index (χ1n) is 7.38. The molecule has 0 aromatic heterocycles. The van der Waals surface area contributed by atoms with E-state index in [1.54, 1.807) is 0 Å². The Kier molecular flexibility index (Phi) is 8.07. The van der Waals surface area contributed by atoms with Crippen molar-refractivity contribution in [1.29, 1.82) is 0 Å². The van der Waals surface area contributed by atoms with Crippen molar-refractivity contribution in [3.05, 3.63) is 23.8 Å². The van der Waals surface area contributed by atoms with Crippen LogP contribution in [0.25, 0.3) is 0 Å². The largest absolute Gasteiger partial charge is 0.490 e. The number of aliphatic hydroxyl groups excluding tert-OH is 1.